The maximum absolute atomic E-state index is 13.6. The second kappa shape index (κ2) is 9.45. The van der Waals surface area contributed by atoms with E-state index in [1.54, 1.807) is 24.0 Å². The van der Waals surface area contributed by atoms with E-state index in [2.05, 4.69) is 0 Å². The van der Waals surface area contributed by atoms with Crippen LogP contribution in [0.15, 0.2) is 54.6 Å². The molecule has 1 saturated heterocycles. The van der Waals surface area contributed by atoms with E-state index in [0.717, 1.165) is 17.7 Å². The van der Waals surface area contributed by atoms with Gasteiger partial charge in [0.1, 0.15) is 0 Å². The molecule has 1 heterocycles. The van der Waals surface area contributed by atoms with E-state index >= 15 is 0 Å². The standard InChI is InChI=1S/C23H24F2N2O2/c1-2-27(19-9-10-20(24)21(25)16-19)23(29)18-12-14-26(15-13-18)22(28)11-8-17-6-4-3-5-7-17/h3-11,16,18H,2,12-15H2,1H3/b11-8+. The number of benzene rings is 2. The molecule has 1 fully saturated rings. The summed E-state index contributed by atoms with van der Waals surface area (Å²) in [6.45, 7) is 3.14. The predicted octanol–water partition coefficient (Wildman–Crippen LogP) is 4.27. The van der Waals surface area contributed by atoms with Crippen molar-refractivity contribution in [1.82, 2.24) is 4.90 Å². The molecule has 0 unspecified atom stereocenters. The third-order valence-electron chi connectivity index (χ3n) is 5.17. The van der Waals surface area contributed by atoms with Crippen LogP contribution in [0, 0.1) is 17.6 Å². The van der Waals surface area contributed by atoms with Gasteiger partial charge in [0.25, 0.3) is 0 Å². The number of anilines is 1. The normalized spacial score (nSPS) is 14.9. The fourth-order valence-electron chi connectivity index (χ4n) is 3.52. The monoisotopic (exact) mass is 398 g/mol. The van der Waals surface area contributed by atoms with Crippen molar-refractivity contribution in [3.63, 3.8) is 0 Å². The summed E-state index contributed by atoms with van der Waals surface area (Å²) in [5.74, 6) is -2.35. The van der Waals surface area contributed by atoms with E-state index in [-0.39, 0.29) is 17.7 Å². The topological polar surface area (TPSA) is 40.6 Å². The predicted molar refractivity (Wildman–Crippen MR) is 109 cm³/mol. The summed E-state index contributed by atoms with van der Waals surface area (Å²) < 4.78 is 26.7. The highest BCUT2D eigenvalue weighted by atomic mass is 19.2. The van der Waals surface area contributed by atoms with Crippen molar-refractivity contribution in [2.75, 3.05) is 24.5 Å². The highest BCUT2D eigenvalue weighted by Crippen LogP contribution is 2.25. The summed E-state index contributed by atoms with van der Waals surface area (Å²) in [6.07, 6.45) is 4.42. The van der Waals surface area contributed by atoms with Gasteiger partial charge in [0.15, 0.2) is 11.6 Å². The van der Waals surface area contributed by atoms with Crippen LogP contribution < -0.4 is 4.90 Å². The van der Waals surface area contributed by atoms with Crippen LogP contribution in [-0.2, 0) is 9.59 Å². The molecule has 152 valence electrons. The van der Waals surface area contributed by atoms with Gasteiger partial charge in [0.2, 0.25) is 11.8 Å². The SMILES string of the molecule is CCN(C(=O)C1CCN(C(=O)/C=C/c2ccccc2)CC1)c1ccc(F)c(F)c1. The van der Waals surface area contributed by atoms with Gasteiger partial charge in [0.05, 0.1) is 0 Å². The number of likely N-dealkylation sites (tertiary alicyclic amines) is 1. The van der Waals surface area contributed by atoms with Crippen LogP contribution in [0.3, 0.4) is 0 Å². The zero-order chi connectivity index (χ0) is 20.8. The van der Waals surface area contributed by atoms with Gasteiger partial charge in [-0.1, -0.05) is 30.3 Å². The smallest absolute Gasteiger partial charge is 0.246 e. The number of carbonyl (C=O) groups is 2. The van der Waals surface area contributed by atoms with Crippen LogP contribution in [0.4, 0.5) is 14.5 Å². The molecule has 2 aromatic rings. The molecule has 0 N–H and O–H groups in total. The number of hydrogen-bond donors (Lipinski definition) is 0. The first-order valence-corrected chi connectivity index (χ1v) is 9.78. The van der Waals surface area contributed by atoms with Crippen molar-refractivity contribution in [2.24, 2.45) is 5.92 Å². The molecule has 3 rings (SSSR count). The molecule has 6 heteroatoms. The molecular formula is C23H24F2N2O2. The van der Waals surface area contributed by atoms with Crippen molar-refractivity contribution in [3.8, 4) is 0 Å². The van der Waals surface area contributed by atoms with E-state index in [1.807, 2.05) is 30.3 Å². The molecular weight excluding hydrogens is 374 g/mol. The summed E-state index contributed by atoms with van der Waals surface area (Å²) in [4.78, 5) is 28.5. The molecule has 0 saturated carbocycles. The Labute approximate surface area is 169 Å². The molecule has 0 aromatic heterocycles. The lowest BCUT2D eigenvalue weighted by atomic mass is 9.94. The highest BCUT2D eigenvalue weighted by molar-refractivity contribution is 5.95. The van der Waals surface area contributed by atoms with Gasteiger partial charge < -0.3 is 9.80 Å². The summed E-state index contributed by atoms with van der Waals surface area (Å²) >= 11 is 0. The summed E-state index contributed by atoms with van der Waals surface area (Å²) in [5.41, 5.74) is 1.30. The minimum atomic E-state index is -0.973. The average molecular weight is 398 g/mol. The van der Waals surface area contributed by atoms with E-state index in [4.69, 9.17) is 0 Å². The molecule has 0 bridgehead atoms. The van der Waals surface area contributed by atoms with E-state index in [0.29, 0.717) is 38.2 Å². The van der Waals surface area contributed by atoms with Crippen LogP contribution in [0.25, 0.3) is 6.08 Å². The Balaban J connectivity index is 1.58. The Hall–Kier alpha value is -3.02. The maximum Gasteiger partial charge on any atom is 0.246 e. The Kier molecular flexibility index (Phi) is 6.75. The van der Waals surface area contributed by atoms with Gasteiger partial charge in [-0.15, -0.1) is 0 Å². The number of halogens is 2. The minimum Gasteiger partial charge on any atom is -0.339 e. The molecule has 0 aliphatic carbocycles. The molecule has 0 radical (unpaired) electrons. The molecule has 4 nitrogen and oxygen atoms in total. The Morgan fingerprint density at radius 3 is 2.38 bits per heavy atom. The minimum absolute atomic E-state index is 0.0762. The first-order valence-electron chi connectivity index (χ1n) is 9.78. The summed E-state index contributed by atoms with van der Waals surface area (Å²) in [7, 11) is 0. The second-order valence-electron chi connectivity index (χ2n) is 7.02. The van der Waals surface area contributed by atoms with Gasteiger partial charge in [-0.05, 0) is 43.5 Å². The van der Waals surface area contributed by atoms with Crippen molar-refractivity contribution >= 4 is 23.6 Å². The zero-order valence-electron chi connectivity index (χ0n) is 16.4. The molecule has 1 aliphatic heterocycles. The number of nitrogens with zero attached hydrogens (tertiary/aromatic N) is 2. The molecule has 2 aromatic carbocycles. The lowest BCUT2D eigenvalue weighted by Crippen LogP contribution is -2.44. The summed E-state index contributed by atoms with van der Waals surface area (Å²) in [6, 6.07) is 13.1. The van der Waals surface area contributed by atoms with Crippen molar-refractivity contribution in [2.45, 2.75) is 19.8 Å². The second-order valence-corrected chi connectivity index (χ2v) is 7.02. The lowest BCUT2D eigenvalue weighted by Gasteiger charge is -2.33. The van der Waals surface area contributed by atoms with Crippen molar-refractivity contribution in [3.05, 3.63) is 71.8 Å². The highest BCUT2D eigenvalue weighted by Gasteiger charge is 2.30. The molecule has 0 spiro atoms. The molecule has 1 aliphatic rings. The van der Waals surface area contributed by atoms with Crippen LogP contribution >= 0.6 is 0 Å². The van der Waals surface area contributed by atoms with Crippen molar-refractivity contribution in [1.29, 1.82) is 0 Å². The fourth-order valence-corrected chi connectivity index (χ4v) is 3.52. The Bertz CT molecular complexity index is 891. The van der Waals surface area contributed by atoms with Crippen LogP contribution in [-0.4, -0.2) is 36.3 Å². The maximum atomic E-state index is 13.6. The van der Waals surface area contributed by atoms with Gasteiger partial charge in [0, 0.05) is 43.4 Å². The van der Waals surface area contributed by atoms with Crippen LogP contribution in [0.2, 0.25) is 0 Å². The molecule has 29 heavy (non-hydrogen) atoms. The van der Waals surface area contributed by atoms with E-state index in [9.17, 15) is 18.4 Å². The Morgan fingerprint density at radius 1 is 1.07 bits per heavy atom. The number of amides is 2. The first-order chi connectivity index (χ1) is 14.0. The average Bonchev–Trinajstić information content (AvgIpc) is 2.75. The largest absolute Gasteiger partial charge is 0.339 e. The lowest BCUT2D eigenvalue weighted by molar-refractivity contribution is -0.130. The molecule has 0 atom stereocenters. The number of carbonyl (C=O) groups excluding carboxylic acids is 2. The van der Waals surface area contributed by atoms with E-state index < -0.39 is 11.6 Å². The summed E-state index contributed by atoms with van der Waals surface area (Å²) in [5, 5.41) is 0. The third kappa shape index (κ3) is 5.08. The van der Waals surface area contributed by atoms with Gasteiger partial charge >= 0.3 is 0 Å². The molecule has 2 amide bonds. The number of piperidine rings is 1. The quantitative estimate of drug-likeness (QED) is 0.706. The third-order valence-corrected chi connectivity index (χ3v) is 5.17. The van der Waals surface area contributed by atoms with Gasteiger partial charge in [-0.2, -0.15) is 0 Å². The Morgan fingerprint density at radius 2 is 1.76 bits per heavy atom. The number of rotatable bonds is 5. The van der Waals surface area contributed by atoms with Gasteiger partial charge in [-0.3, -0.25) is 9.59 Å². The van der Waals surface area contributed by atoms with Crippen LogP contribution in [0.1, 0.15) is 25.3 Å². The van der Waals surface area contributed by atoms with Crippen LogP contribution in [0.5, 0.6) is 0 Å². The van der Waals surface area contributed by atoms with E-state index in [1.165, 1.54) is 11.0 Å². The van der Waals surface area contributed by atoms with Crippen molar-refractivity contribution < 1.29 is 18.4 Å². The van der Waals surface area contributed by atoms with Gasteiger partial charge in [-0.25, -0.2) is 8.78 Å². The first kappa shape index (κ1) is 20.7. The number of hydrogen-bond acceptors (Lipinski definition) is 2. The fraction of sp³-hybridized carbons (Fsp3) is 0.304. The zero-order valence-corrected chi connectivity index (χ0v) is 16.4.